The van der Waals surface area contributed by atoms with E-state index in [0.717, 1.165) is 12.8 Å². The topological polar surface area (TPSA) is 87.1 Å². The van der Waals surface area contributed by atoms with Gasteiger partial charge in [-0.25, -0.2) is 0 Å². The molecule has 1 saturated heterocycles. The smallest absolute Gasteiger partial charge is 0.255 e. The van der Waals surface area contributed by atoms with Gasteiger partial charge in [0, 0.05) is 30.6 Å². The fourth-order valence-electron chi connectivity index (χ4n) is 3.97. The van der Waals surface area contributed by atoms with Gasteiger partial charge in [-0.15, -0.1) is 0 Å². The van der Waals surface area contributed by atoms with E-state index in [-0.39, 0.29) is 30.8 Å². The van der Waals surface area contributed by atoms with Crippen LogP contribution in [0.15, 0.2) is 36.4 Å². The van der Waals surface area contributed by atoms with Gasteiger partial charge in [0.1, 0.15) is 5.75 Å². The molecule has 3 rings (SSSR count). The van der Waals surface area contributed by atoms with Crippen molar-refractivity contribution in [2.24, 2.45) is 5.92 Å². The van der Waals surface area contributed by atoms with Crippen LogP contribution in [0.2, 0.25) is 5.02 Å². The second-order valence-electron chi connectivity index (χ2n) is 7.50. The van der Waals surface area contributed by atoms with Gasteiger partial charge in [0.05, 0.1) is 30.9 Å². The van der Waals surface area contributed by atoms with Crippen molar-refractivity contribution >= 4 is 23.3 Å². The van der Waals surface area contributed by atoms with Crippen LogP contribution in [0.4, 0.5) is 0 Å². The molecule has 0 radical (unpaired) electrons. The van der Waals surface area contributed by atoms with E-state index in [2.05, 4.69) is 0 Å². The van der Waals surface area contributed by atoms with Crippen molar-refractivity contribution in [3.8, 4) is 5.75 Å². The van der Waals surface area contributed by atoms with Crippen LogP contribution in [0.5, 0.6) is 5.75 Å². The molecule has 6 nitrogen and oxygen atoms in total. The summed E-state index contributed by atoms with van der Waals surface area (Å²) in [5, 5.41) is 19.5. The number of aliphatic hydroxyl groups excluding tert-OH is 2. The Labute approximate surface area is 181 Å². The van der Waals surface area contributed by atoms with Gasteiger partial charge in [-0.2, -0.15) is 0 Å². The second kappa shape index (κ2) is 10.1. The number of likely N-dealkylation sites (tertiary alicyclic amines) is 1. The van der Waals surface area contributed by atoms with Crippen LogP contribution >= 0.6 is 11.6 Å². The maximum absolute atomic E-state index is 12.9. The van der Waals surface area contributed by atoms with E-state index in [9.17, 15) is 19.8 Å². The van der Waals surface area contributed by atoms with Crippen LogP contribution in [0, 0.1) is 5.92 Å². The zero-order chi connectivity index (χ0) is 21.7. The van der Waals surface area contributed by atoms with Crippen LogP contribution in [-0.4, -0.2) is 47.0 Å². The number of hydrogen-bond acceptors (Lipinski definition) is 5. The third-order valence-electron chi connectivity index (χ3n) is 5.56. The van der Waals surface area contributed by atoms with E-state index in [1.165, 1.54) is 7.11 Å². The number of carbonyl (C=O) groups is 2. The number of hydrogen-bond donors (Lipinski definition) is 2. The van der Waals surface area contributed by atoms with Crippen molar-refractivity contribution in [2.45, 2.75) is 32.5 Å². The Hall–Kier alpha value is -2.41. The minimum absolute atomic E-state index is 0.0405. The molecule has 7 heteroatoms. The Morgan fingerprint density at radius 2 is 1.97 bits per heavy atom. The average molecular weight is 432 g/mol. The van der Waals surface area contributed by atoms with Gasteiger partial charge in [-0.05, 0) is 48.6 Å². The molecule has 0 saturated carbocycles. The number of amides is 1. The Kier molecular flexibility index (Phi) is 7.48. The number of ether oxygens (including phenoxy) is 1. The molecule has 1 aliphatic heterocycles. The third kappa shape index (κ3) is 4.83. The average Bonchev–Trinajstić information content (AvgIpc) is 2.78. The molecule has 2 aromatic rings. The zero-order valence-corrected chi connectivity index (χ0v) is 17.7. The van der Waals surface area contributed by atoms with Crippen molar-refractivity contribution in [3.05, 3.63) is 63.7 Å². The lowest BCUT2D eigenvalue weighted by Gasteiger charge is -2.33. The van der Waals surface area contributed by atoms with Gasteiger partial charge in [-0.1, -0.05) is 23.7 Å². The highest BCUT2D eigenvalue weighted by Crippen LogP contribution is 2.29. The molecule has 0 aliphatic carbocycles. The first kappa shape index (κ1) is 22.3. The highest BCUT2D eigenvalue weighted by atomic mass is 35.5. The van der Waals surface area contributed by atoms with Crippen molar-refractivity contribution in [3.63, 3.8) is 0 Å². The molecule has 30 heavy (non-hydrogen) atoms. The number of Topliss-reactive ketones (excluding diaryl/α,β-unsaturated/α-hetero) is 1. The summed E-state index contributed by atoms with van der Waals surface area (Å²) in [6.07, 6.45) is 1.97. The summed E-state index contributed by atoms with van der Waals surface area (Å²) >= 11 is 6.17. The predicted octanol–water partition coefficient (Wildman–Crippen LogP) is 3.46. The van der Waals surface area contributed by atoms with Gasteiger partial charge in [0.2, 0.25) is 0 Å². The van der Waals surface area contributed by atoms with Gasteiger partial charge < -0.3 is 19.8 Å². The molecule has 2 aromatic carbocycles. The lowest BCUT2D eigenvalue weighted by atomic mass is 9.89. The quantitative estimate of drug-likeness (QED) is 0.655. The molecule has 1 fully saturated rings. The fourth-order valence-corrected chi connectivity index (χ4v) is 4.18. The summed E-state index contributed by atoms with van der Waals surface area (Å²) in [4.78, 5) is 27.5. The maximum atomic E-state index is 12.9. The van der Waals surface area contributed by atoms with Gasteiger partial charge >= 0.3 is 0 Å². The number of ketones is 1. The van der Waals surface area contributed by atoms with E-state index in [1.807, 2.05) is 0 Å². The van der Waals surface area contributed by atoms with E-state index >= 15 is 0 Å². The number of carbonyl (C=O) groups excluding carboxylic acids is 2. The summed E-state index contributed by atoms with van der Waals surface area (Å²) in [5.74, 6) is 0.226. The molecule has 0 bridgehead atoms. The molecule has 1 amide bonds. The highest BCUT2D eigenvalue weighted by molar-refractivity contribution is 6.33. The summed E-state index contributed by atoms with van der Waals surface area (Å²) in [7, 11) is 1.46. The third-order valence-corrected chi connectivity index (χ3v) is 5.89. The first-order chi connectivity index (χ1) is 14.5. The molecule has 1 heterocycles. The second-order valence-corrected chi connectivity index (χ2v) is 7.91. The molecule has 1 atom stereocenters. The van der Waals surface area contributed by atoms with Crippen molar-refractivity contribution in [2.75, 3.05) is 20.2 Å². The van der Waals surface area contributed by atoms with Crippen LogP contribution in [0.1, 0.15) is 51.1 Å². The highest BCUT2D eigenvalue weighted by Gasteiger charge is 2.27. The van der Waals surface area contributed by atoms with Crippen molar-refractivity contribution in [1.29, 1.82) is 0 Å². The summed E-state index contributed by atoms with van der Waals surface area (Å²) in [6.45, 7) is 0.559. The molecule has 0 aromatic heterocycles. The maximum Gasteiger partial charge on any atom is 0.255 e. The lowest BCUT2D eigenvalue weighted by Crippen LogP contribution is -2.40. The van der Waals surface area contributed by atoms with Crippen molar-refractivity contribution < 1.29 is 24.5 Å². The zero-order valence-electron chi connectivity index (χ0n) is 16.9. The largest absolute Gasteiger partial charge is 0.496 e. The summed E-state index contributed by atoms with van der Waals surface area (Å²) in [6, 6.07) is 10.2. The standard InChI is InChI=1S/C23H26ClNO5/c1-30-22-11-16(10-17(13-26)19(22)14-27)21(28)9-15-5-4-8-25(12-15)23(29)18-6-2-3-7-20(18)24/h2-3,6-7,10-11,15,26-27H,4-5,8-9,12-14H2,1H3. The lowest BCUT2D eigenvalue weighted by molar-refractivity contribution is 0.0652. The number of rotatable bonds is 7. The van der Waals surface area contributed by atoms with E-state index in [0.29, 0.717) is 52.5 Å². The Morgan fingerprint density at radius 1 is 1.20 bits per heavy atom. The molecule has 1 aliphatic rings. The molecule has 1 unspecified atom stereocenters. The number of piperidine rings is 1. The van der Waals surface area contributed by atoms with E-state index < -0.39 is 0 Å². The molecule has 2 N–H and O–H groups in total. The number of aliphatic hydroxyl groups is 2. The van der Waals surface area contributed by atoms with Gasteiger partial charge in [-0.3, -0.25) is 9.59 Å². The van der Waals surface area contributed by atoms with E-state index in [1.54, 1.807) is 41.3 Å². The van der Waals surface area contributed by atoms with Gasteiger partial charge in [0.15, 0.2) is 5.78 Å². The number of methoxy groups -OCH3 is 1. The Morgan fingerprint density at radius 3 is 2.63 bits per heavy atom. The van der Waals surface area contributed by atoms with Crippen LogP contribution in [0.25, 0.3) is 0 Å². The summed E-state index contributed by atoms with van der Waals surface area (Å²) in [5.41, 5.74) is 1.86. The number of benzene rings is 2. The SMILES string of the molecule is COc1cc(C(=O)CC2CCCN(C(=O)c3ccccc3Cl)C2)cc(CO)c1CO. The first-order valence-corrected chi connectivity index (χ1v) is 10.3. The van der Waals surface area contributed by atoms with Crippen molar-refractivity contribution in [1.82, 2.24) is 4.90 Å². The fraction of sp³-hybridized carbons (Fsp3) is 0.391. The van der Waals surface area contributed by atoms with Crippen LogP contribution < -0.4 is 4.74 Å². The first-order valence-electron chi connectivity index (χ1n) is 9.97. The predicted molar refractivity (Wildman–Crippen MR) is 114 cm³/mol. The number of nitrogens with zero attached hydrogens (tertiary/aromatic N) is 1. The van der Waals surface area contributed by atoms with Gasteiger partial charge in [0.25, 0.3) is 5.91 Å². The molecular formula is C23H26ClNO5. The molecular weight excluding hydrogens is 406 g/mol. The Balaban J connectivity index is 1.73. The van der Waals surface area contributed by atoms with Crippen LogP contribution in [-0.2, 0) is 13.2 Å². The molecule has 160 valence electrons. The minimum atomic E-state index is -0.295. The van der Waals surface area contributed by atoms with Crippen LogP contribution in [0.3, 0.4) is 0 Å². The normalized spacial score (nSPS) is 16.4. The summed E-state index contributed by atoms with van der Waals surface area (Å²) < 4.78 is 5.28. The van der Waals surface area contributed by atoms with E-state index in [4.69, 9.17) is 16.3 Å². The Bertz CT molecular complexity index is 905. The minimum Gasteiger partial charge on any atom is -0.496 e. The molecule has 0 spiro atoms. The number of halogens is 1. The monoisotopic (exact) mass is 431 g/mol.